The largest absolute Gasteiger partial charge is 0.368 e. The topological polar surface area (TPSA) is 50.1 Å². The molecule has 1 aromatic carbocycles. The number of halogens is 1. The van der Waals surface area contributed by atoms with E-state index in [0.717, 1.165) is 49.3 Å². The average molecular weight is 319 g/mol. The van der Waals surface area contributed by atoms with Crippen LogP contribution in [0.4, 0.5) is 5.69 Å². The zero-order valence-electron chi connectivity index (χ0n) is 12.4. The normalized spacial score (nSPS) is 19.6. The lowest BCUT2D eigenvalue weighted by Gasteiger charge is -2.36. The number of tetrazole rings is 1. The predicted molar refractivity (Wildman–Crippen MR) is 85.0 cm³/mol. The highest BCUT2D eigenvalue weighted by molar-refractivity contribution is 6.33. The molecule has 22 heavy (non-hydrogen) atoms. The summed E-state index contributed by atoms with van der Waals surface area (Å²) < 4.78 is 2.00. The molecule has 7 heteroatoms. The van der Waals surface area contributed by atoms with Crippen molar-refractivity contribution >= 4 is 17.3 Å². The lowest BCUT2D eigenvalue weighted by molar-refractivity contribution is 0.239. The van der Waals surface area contributed by atoms with E-state index in [-0.39, 0.29) is 0 Å². The summed E-state index contributed by atoms with van der Waals surface area (Å²) in [6, 6.07) is 8.59. The molecule has 0 amide bonds. The third kappa shape index (κ3) is 2.80. The first-order valence-corrected chi connectivity index (χ1v) is 8.17. The maximum absolute atomic E-state index is 6.29. The van der Waals surface area contributed by atoms with Crippen molar-refractivity contribution in [2.45, 2.75) is 25.4 Å². The average Bonchev–Trinajstić information content (AvgIpc) is 3.29. The summed E-state index contributed by atoms with van der Waals surface area (Å²) in [4.78, 5) is 4.76. The third-order valence-corrected chi connectivity index (χ3v) is 4.70. The third-order valence-electron chi connectivity index (χ3n) is 4.38. The van der Waals surface area contributed by atoms with Gasteiger partial charge in [0.2, 0.25) is 0 Å². The number of nitrogens with zero attached hydrogens (tertiary/aromatic N) is 6. The number of hydrogen-bond donors (Lipinski definition) is 0. The van der Waals surface area contributed by atoms with E-state index in [1.807, 2.05) is 22.9 Å². The lowest BCUT2D eigenvalue weighted by atomic mass is 10.2. The maximum atomic E-state index is 6.29. The molecule has 2 aromatic rings. The van der Waals surface area contributed by atoms with Crippen LogP contribution in [-0.4, -0.2) is 51.3 Å². The number of aromatic nitrogens is 4. The molecular formula is C15H19ClN6. The van der Waals surface area contributed by atoms with Crippen LogP contribution in [-0.2, 0) is 6.54 Å². The fraction of sp³-hybridized carbons (Fsp3) is 0.533. The summed E-state index contributed by atoms with van der Waals surface area (Å²) >= 11 is 6.29. The summed E-state index contributed by atoms with van der Waals surface area (Å²) in [5, 5.41) is 13.0. The van der Waals surface area contributed by atoms with Crippen molar-refractivity contribution in [1.29, 1.82) is 0 Å². The SMILES string of the molecule is Clc1ccccc1N1CCN(Cc2nnnn2C2CC2)CC1. The molecule has 1 saturated heterocycles. The van der Waals surface area contributed by atoms with E-state index in [1.165, 1.54) is 12.8 Å². The Morgan fingerprint density at radius 1 is 1.09 bits per heavy atom. The molecule has 116 valence electrons. The number of hydrogen-bond acceptors (Lipinski definition) is 5. The smallest absolute Gasteiger partial charge is 0.165 e. The van der Waals surface area contributed by atoms with Crippen molar-refractivity contribution in [3.05, 3.63) is 35.1 Å². The lowest BCUT2D eigenvalue weighted by Crippen LogP contribution is -2.46. The van der Waals surface area contributed by atoms with E-state index in [1.54, 1.807) is 0 Å². The van der Waals surface area contributed by atoms with Crippen LogP contribution in [0.15, 0.2) is 24.3 Å². The second kappa shape index (κ2) is 5.85. The van der Waals surface area contributed by atoms with Gasteiger partial charge in [-0.05, 0) is 35.4 Å². The second-order valence-corrected chi connectivity index (χ2v) is 6.39. The summed E-state index contributed by atoms with van der Waals surface area (Å²) in [6.07, 6.45) is 2.41. The van der Waals surface area contributed by atoms with E-state index < -0.39 is 0 Å². The van der Waals surface area contributed by atoms with Gasteiger partial charge >= 0.3 is 0 Å². The zero-order chi connectivity index (χ0) is 14.9. The minimum atomic E-state index is 0.536. The molecule has 0 spiro atoms. The first-order valence-electron chi connectivity index (χ1n) is 7.80. The molecule has 2 heterocycles. The van der Waals surface area contributed by atoms with Gasteiger partial charge in [0.25, 0.3) is 0 Å². The number of piperazine rings is 1. The molecule has 2 aliphatic rings. The highest BCUT2D eigenvalue weighted by Gasteiger charge is 2.29. The van der Waals surface area contributed by atoms with Crippen molar-refractivity contribution in [3.8, 4) is 0 Å². The molecular weight excluding hydrogens is 300 g/mol. The standard InChI is InChI=1S/C15H19ClN6/c16-13-3-1-2-4-14(13)21-9-7-20(8-10-21)11-15-17-18-19-22(15)12-5-6-12/h1-4,12H,5-11H2. The van der Waals surface area contributed by atoms with E-state index in [2.05, 4.69) is 31.4 Å². The van der Waals surface area contributed by atoms with Gasteiger partial charge in [0.05, 0.1) is 23.3 Å². The molecule has 4 rings (SSSR count). The molecule has 2 fully saturated rings. The van der Waals surface area contributed by atoms with Crippen LogP contribution in [0.5, 0.6) is 0 Å². The first kappa shape index (κ1) is 14.0. The van der Waals surface area contributed by atoms with Crippen LogP contribution in [0.3, 0.4) is 0 Å². The number of rotatable bonds is 4. The molecule has 1 aromatic heterocycles. The molecule has 1 aliphatic heterocycles. The fourth-order valence-corrected chi connectivity index (χ4v) is 3.23. The van der Waals surface area contributed by atoms with Gasteiger partial charge in [-0.3, -0.25) is 4.90 Å². The number of benzene rings is 1. The van der Waals surface area contributed by atoms with Crippen molar-refractivity contribution < 1.29 is 0 Å². The van der Waals surface area contributed by atoms with E-state index in [0.29, 0.717) is 6.04 Å². The molecule has 6 nitrogen and oxygen atoms in total. The molecule has 0 unspecified atom stereocenters. The van der Waals surface area contributed by atoms with E-state index in [9.17, 15) is 0 Å². The van der Waals surface area contributed by atoms with Gasteiger partial charge < -0.3 is 4.90 Å². The predicted octanol–water partition coefficient (Wildman–Crippen LogP) is 1.98. The van der Waals surface area contributed by atoms with Crippen LogP contribution in [0.1, 0.15) is 24.7 Å². The number of anilines is 1. The highest BCUT2D eigenvalue weighted by Crippen LogP contribution is 2.34. The first-order chi connectivity index (χ1) is 10.8. The molecule has 1 saturated carbocycles. The van der Waals surface area contributed by atoms with Crippen molar-refractivity contribution in [3.63, 3.8) is 0 Å². The monoisotopic (exact) mass is 318 g/mol. The van der Waals surface area contributed by atoms with Gasteiger partial charge in [0.15, 0.2) is 5.82 Å². The summed E-state index contributed by atoms with van der Waals surface area (Å²) in [5.74, 6) is 0.994. The molecule has 1 aliphatic carbocycles. The Labute approximate surface area is 134 Å². The molecule has 0 N–H and O–H groups in total. The molecule has 0 bridgehead atoms. The van der Waals surface area contributed by atoms with Gasteiger partial charge in [-0.15, -0.1) is 5.10 Å². The Hall–Kier alpha value is -1.66. The van der Waals surface area contributed by atoms with Crippen LogP contribution in [0.2, 0.25) is 5.02 Å². The van der Waals surface area contributed by atoms with Gasteiger partial charge in [-0.25, -0.2) is 4.68 Å². The van der Waals surface area contributed by atoms with Crippen LogP contribution in [0, 0.1) is 0 Å². The van der Waals surface area contributed by atoms with Crippen molar-refractivity contribution in [2.75, 3.05) is 31.1 Å². The van der Waals surface area contributed by atoms with E-state index >= 15 is 0 Å². The summed E-state index contributed by atoms with van der Waals surface area (Å²) in [7, 11) is 0. The van der Waals surface area contributed by atoms with Gasteiger partial charge in [0.1, 0.15) is 0 Å². The Bertz CT molecular complexity index is 645. The zero-order valence-corrected chi connectivity index (χ0v) is 13.2. The Morgan fingerprint density at radius 2 is 1.86 bits per heavy atom. The quantitative estimate of drug-likeness (QED) is 0.863. The van der Waals surface area contributed by atoms with Gasteiger partial charge in [0, 0.05) is 26.2 Å². The minimum absolute atomic E-state index is 0.536. The van der Waals surface area contributed by atoms with Gasteiger partial charge in [-0.2, -0.15) is 0 Å². The molecule has 0 radical (unpaired) electrons. The maximum Gasteiger partial charge on any atom is 0.165 e. The number of para-hydroxylation sites is 1. The summed E-state index contributed by atoms with van der Waals surface area (Å²) in [5.41, 5.74) is 1.13. The Morgan fingerprint density at radius 3 is 2.59 bits per heavy atom. The fourth-order valence-electron chi connectivity index (χ4n) is 2.97. The Kier molecular flexibility index (Phi) is 3.72. The highest BCUT2D eigenvalue weighted by atomic mass is 35.5. The second-order valence-electron chi connectivity index (χ2n) is 5.99. The molecule has 0 atom stereocenters. The van der Waals surface area contributed by atoms with Crippen molar-refractivity contribution in [2.24, 2.45) is 0 Å². The summed E-state index contributed by atoms with van der Waals surface area (Å²) in [6.45, 7) is 4.80. The van der Waals surface area contributed by atoms with E-state index in [4.69, 9.17) is 11.6 Å². The Balaban J connectivity index is 1.38. The minimum Gasteiger partial charge on any atom is -0.368 e. The van der Waals surface area contributed by atoms with Crippen LogP contribution >= 0.6 is 11.6 Å². The van der Waals surface area contributed by atoms with Crippen molar-refractivity contribution in [1.82, 2.24) is 25.1 Å². The van der Waals surface area contributed by atoms with Crippen LogP contribution < -0.4 is 4.90 Å². The van der Waals surface area contributed by atoms with Crippen LogP contribution in [0.25, 0.3) is 0 Å². The van der Waals surface area contributed by atoms with Gasteiger partial charge in [-0.1, -0.05) is 23.7 Å².